The maximum absolute atomic E-state index is 11.8. The van der Waals surface area contributed by atoms with Crippen molar-refractivity contribution in [2.24, 2.45) is 0 Å². The Morgan fingerprint density at radius 3 is 2.70 bits per heavy atom. The highest BCUT2D eigenvalue weighted by molar-refractivity contribution is 7.80. The number of hydrogen-bond donors (Lipinski definition) is 1. The molecule has 0 spiro atoms. The van der Waals surface area contributed by atoms with Gasteiger partial charge < -0.3 is 15.0 Å². The minimum atomic E-state index is -0.271. The molecule has 1 saturated heterocycles. The number of ether oxygens (including phenoxy) is 1. The second-order valence-corrected chi connectivity index (χ2v) is 7.51. The van der Waals surface area contributed by atoms with Crippen molar-refractivity contribution in [1.82, 2.24) is 34.8 Å². The van der Waals surface area contributed by atoms with Crippen molar-refractivity contribution in [1.29, 1.82) is 0 Å². The van der Waals surface area contributed by atoms with Gasteiger partial charge in [-0.2, -0.15) is 0 Å². The van der Waals surface area contributed by atoms with Crippen LogP contribution in [0.2, 0.25) is 0 Å². The number of carbonyl (C=O) groups is 1. The van der Waals surface area contributed by atoms with Crippen molar-refractivity contribution in [2.45, 2.75) is 32.4 Å². The van der Waals surface area contributed by atoms with Crippen LogP contribution in [0.15, 0.2) is 43.1 Å². The second-order valence-electron chi connectivity index (χ2n) is 7.13. The number of nitrogens with zero attached hydrogens (tertiary/aromatic N) is 6. The third kappa shape index (κ3) is 3.54. The summed E-state index contributed by atoms with van der Waals surface area (Å²) in [5, 5.41) is 11.8. The van der Waals surface area contributed by atoms with E-state index in [9.17, 15) is 4.79 Å². The average molecular weight is 426 g/mol. The van der Waals surface area contributed by atoms with Crippen molar-refractivity contribution in [3.05, 3.63) is 65.8 Å². The molecule has 0 aliphatic carbocycles. The highest BCUT2D eigenvalue weighted by Crippen LogP contribution is 2.40. The van der Waals surface area contributed by atoms with Crippen LogP contribution in [-0.4, -0.2) is 54.2 Å². The number of aromatic nitrogens is 5. The molecule has 2 atom stereocenters. The molecule has 3 aromatic rings. The lowest BCUT2D eigenvalue weighted by molar-refractivity contribution is -0.140. The maximum Gasteiger partial charge on any atom is 0.307 e. The van der Waals surface area contributed by atoms with E-state index in [1.807, 2.05) is 39.4 Å². The van der Waals surface area contributed by atoms with Gasteiger partial charge in [0.25, 0.3) is 0 Å². The number of pyridine rings is 1. The summed E-state index contributed by atoms with van der Waals surface area (Å²) in [6.45, 7) is 4.53. The standard InChI is InChI=1S/C20H23N7O2S/c1-13-10-15(14(2)27(13)25-11-22-23-12-25)19-18(16-6-4-5-8-21-16)24-20(30)26(19)9-7-17(28)29-3/h4-6,8,10-12,18-19H,7,9H2,1-3H3,(H,24,30). The topological polar surface area (TPSA) is 90.1 Å². The Labute approximate surface area is 179 Å². The predicted octanol–water partition coefficient (Wildman–Crippen LogP) is 1.94. The largest absolute Gasteiger partial charge is 0.469 e. The molecule has 156 valence electrons. The van der Waals surface area contributed by atoms with Gasteiger partial charge in [0.15, 0.2) is 5.11 Å². The highest BCUT2D eigenvalue weighted by Gasteiger charge is 2.41. The number of rotatable bonds is 6. The Morgan fingerprint density at radius 2 is 2.03 bits per heavy atom. The second kappa shape index (κ2) is 8.23. The molecule has 0 aromatic carbocycles. The van der Waals surface area contributed by atoms with Crippen LogP contribution in [0.4, 0.5) is 0 Å². The van der Waals surface area contributed by atoms with Gasteiger partial charge in [-0.05, 0) is 44.3 Å². The fourth-order valence-electron chi connectivity index (χ4n) is 4.03. The molecule has 0 amide bonds. The molecule has 3 aromatic heterocycles. The first kappa shape index (κ1) is 20.0. The molecule has 9 nitrogen and oxygen atoms in total. The number of methoxy groups -OCH3 is 1. The highest BCUT2D eigenvalue weighted by atomic mass is 32.1. The summed E-state index contributed by atoms with van der Waals surface area (Å²) >= 11 is 5.65. The minimum absolute atomic E-state index is 0.131. The molecule has 0 bridgehead atoms. The SMILES string of the molecule is COC(=O)CCN1C(=S)NC(c2ccccn2)C1c1cc(C)n(-n2cnnc2)c1C. The van der Waals surface area contributed by atoms with E-state index in [1.165, 1.54) is 7.11 Å². The number of hydrogen-bond acceptors (Lipinski definition) is 6. The molecule has 4 rings (SSSR count). The van der Waals surface area contributed by atoms with Crippen LogP contribution in [-0.2, 0) is 9.53 Å². The first-order chi connectivity index (χ1) is 14.5. The Hall–Kier alpha value is -3.27. The number of aryl methyl sites for hydroxylation is 1. The Balaban J connectivity index is 1.78. The van der Waals surface area contributed by atoms with Gasteiger partial charge in [0.05, 0.1) is 31.3 Å². The molecule has 1 N–H and O–H groups in total. The summed E-state index contributed by atoms with van der Waals surface area (Å²) < 4.78 is 8.71. The van der Waals surface area contributed by atoms with Gasteiger partial charge in [0.2, 0.25) is 0 Å². The molecule has 1 aliphatic rings. The molecule has 10 heteroatoms. The van der Waals surface area contributed by atoms with E-state index in [-0.39, 0.29) is 24.5 Å². The van der Waals surface area contributed by atoms with Crippen LogP contribution in [0.1, 0.15) is 41.1 Å². The zero-order valence-electron chi connectivity index (χ0n) is 17.0. The summed E-state index contributed by atoms with van der Waals surface area (Å²) in [5.41, 5.74) is 4.05. The maximum atomic E-state index is 11.8. The number of esters is 1. The molecule has 0 radical (unpaired) electrons. The van der Waals surface area contributed by atoms with Crippen molar-refractivity contribution >= 4 is 23.3 Å². The Morgan fingerprint density at radius 1 is 1.27 bits per heavy atom. The van der Waals surface area contributed by atoms with Crippen LogP contribution in [0.25, 0.3) is 0 Å². The molecule has 1 aliphatic heterocycles. The molecular weight excluding hydrogens is 402 g/mol. The van der Waals surface area contributed by atoms with E-state index >= 15 is 0 Å². The van der Waals surface area contributed by atoms with Gasteiger partial charge in [-0.1, -0.05) is 6.07 Å². The lowest BCUT2D eigenvalue weighted by Gasteiger charge is -2.27. The molecule has 2 unspecified atom stereocenters. The van der Waals surface area contributed by atoms with E-state index in [1.54, 1.807) is 18.9 Å². The quantitative estimate of drug-likeness (QED) is 0.473. The van der Waals surface area contributed by atoms with Gasteiger partial charge in [-0.15, -0.1) is 10.2 Å². The monoisotopic (exact) mass is 425 g/mol. The van der Waals surface area contributed by atoms with Crippen LogP contribution in [0.3, 0.4) is 0 Å². The van der Waals surface area contributed by atoms with E-state index in [0.29, 0.717) is 11.7 Å². The predicted molar refractivity (Wildman–Crippen MR) is 114 cm³/mol. The summed E-state index contributed by atoms with van der Waals surface area (Å²) in [5.74, 6) is -0.271. The molecule has 1 fully saturated rings. The zero-order valence-corrected chi connectivity index (χ0v) is 17.8. The molecule has 4 heterocycles. The normalized spacial score (nSPS) is 18.5. The molecule has 0 saturated carbocycles. The van der Waals surface area contributed by atoms with E-state index < -0.39 is 0 Å². The molecular formula is C20H23N7O2S. The van der Waals surface area contributed by atoms with E-state index in [4.69, 9.17) is 17.0 Å². The van der Waals surface area contributed by atoms with Gasteiger partial charge in [0, 0.05) is 29.7 Å². The molecule has 30 heavy (non-hydrogen) atoms. The van der Waals surface area contributed by atoms with Crippen molar-refractivity contribution in [2.75, 3.05) is 13.7 Å². The number of thiocarbonyl (C=S) groups is 1. The van der Waals surface area contributed by atoms with Gasteiger partial charge >= 0.3 is 5.97 Å². The first-order valence-electron chi connectivity index (χ1n) is 9.60. The summed E-state index contributed by atoms with van der Waals surface area (Å²) in [4.78, 5) is 18.4. The summed E-state index contributed by atoms with van der Waals surface area (Å²) in [6.07, 6.45) is 5.34. The fourth-order valence-corrected chi connectivity index (χ4v) is 4.36. The first-order valence-corrected chi connectivity index (χ1v) is 10.0. The van der Waals surface area contributed by atoms with Crippen LogP contribution in [0.5, 0.6) is 0 Å². The van der Waals surface area contributed by atoms with E-state index in [0.717, 1.165) is 22.6 Å². The van der Waals surface area contributed by atoms with Crippen LogP contribution in [0, 0.1) is 13.8 Å². The number of nitrogens with one attached hydrogen (secondary N) is 1. The van der Waals surface area contributed by atoms with Crippen molar-refractivity contribution in [3.63, 3.8) is 0 Å². The van der Waals surface area contributed by atoms with E-state index in [2.05, 4.69) is 33.5 Å². The van der Waals surface area contributed by atoms with Crippen LogP contribution >= 0.6 is 12.2 Å². The fraction of sp³-hybridized carbons (Fsp3) is 0.350. The van der Waals surface area contributed by atoms with Gasteiger partial charge in [-0.3, -0.25) is 14.5 Å². The zero-order chi connectivity index (χ0) is 21.3. The van der Waals surface area contributed by atoms with Crippen molar-refractivity contribution < 1.29 is 9.53 Å². The minimum Gasteiger partial charge on any atom is -0.469 e. The van der Waals surface area contributed by atoms with Crippen LogP contribution < -0.4 is 5.32 Å². The average Bonchev–Trinajstić information content (AvgIpc) is 3.45. The Bertz CT molecular complexity index is 1050. The third-order valence-electron chi connectivity index (χ3n) is 5.37. The number of carbonyl (C=O) groups excluding carboxylic acids is 1. The summed E-state index contributed by atoms with van der Waals surface area (Å²) in [6, 6.07) is 7.69. The van der Waals surface area contributed by atoms with Gasteiger partial charge in [-0.25, -0.2) is 4.68 Å². The smallest absolute Gasteiger partial charge is 0.307 e. The lowest BCUT2D eigenvalue weighted by Crippen LogP contribution is -2.32. The summed E-state index contributed by atoms with van der Waals surface area (Å²) in [7, 11) is 1.39. The van der Waals surface area contributed by atoms with Gasteiger partial charge in [0.1, 0.15) is 12.7 Å². The Kier molecular flexibility index (Phi) is 5.49. The third-order valence-corrected chi connectivity index (χ3v) is 5.72. The van der Waals surface area contributed by atoms with Crippen molar-refractivity contribution in [3.8, 4) is 0 Å². The lowest BCUT2D eigenvalue weighted by atomic mass is 9.96.